The van der Waals surface area contributed by atoms with E-state index < -0.39 is 35.8 Å². The summed E-state index contributed by atoms with van der Waals surface area (Å²) in [4.78, 5) is 34.6. The second-order valence-corrected chi connectivity index (χ2v) is 12.3. The lowest BCUT2D eigenvalue weighted by atomic mass is 9.80. The highest BCUT2D eigenvalue weighted by atomic mass is 19.4. The van der Waals surface area contributed by atoms with Gasteiger partial charge in [-0.2, -0.15) is 27.1 Å². The summed E-state index contributed by atoms with van der Waals surface area (Å²) >= 11 is 0. The lowest BCUT2D eigenvalue weighted by Gasteiger charge is -2.46. The molecule has 2 fully saturated rings. The molecule has 0 saturated carbocycles. The molecule has 4 unspecified atom stereocenters. The van der Waals surface area contributed by atoms with Gasteiger partial charge in [-0.3, -0.25) is 19.5 Å². The maximum atomic E-state index is 15.0. The molecule has 4 heterocycles. The van der Waals surface area contributed by atoms with Gasteiger partial charge in [0.25, 0.3) is 5.91 Å². The number of likely N-dealkylation sites (tertiary alicyclic amines) is 1. The number of amides is 2. The van der Waals surface area contributed by atoms with Gasteiger partial charge in [0.2, 0.25) is 5.91 Å². The Kier molecular flexibility index (Phi) is 8.31. The van der Waals surface area contributed by atoms with Gasteiger partial charge < -0.3 is 15.0 Å². The van der Waals surface area contributed by atoms with Gasteiger partial charge >= 0.3 is 12.8 Å². The van der Waals surface area contributed by atoms with Crippen molar-refractivity contribution in [2.24, 2.45) is 11.3 Å². The van der Waals surface area contributed by atoms with E-state index in [1.54, 1.807) is 29.2 Å². The zero-order chi connectivity index (χ0) is 33.7. The third-order valence-corrected chi connectivity index (χ3v) is 9.50. The summed E-state index contributed by atoms with van der Waals surface area (Å²) in [6.07, 6.45) is 3.92. The average molecular weight is 663 g/mol. The van der Waals surface area contributed by atoms with Crippen molar-refractivity contribution >= 4 is 17.5 Å². The molecule has 2 aromatic heterocycles. The molecule has 9 nitrogen and oxygen atoms in total. The predicted octanol–water partition coefficient (Wildman–Crippen LogP) is 5.32. The second-order valence-electron chi connectivity index (χ2n) is 12.3. The molecule has 250 valence electrons. The number of nitrogens with one attached hydrogen (secondary N) is 1. The molecular weight excluding hydrogens is 630 g/mol. The molecule has 4 atom stereocenters. The van der Waals surface area contributed by atoms with E-state index in [9.17, 15) is 31.5 Å². The quantitative estimate of drug-likeness (QED) is 0.421. The van der Waals surface area contributed by atoms with Crippen LogP contribution in [0.2, 0.25) is 0 Å². The third-order valence-electron chi connectivity index (χ3n) is 9.50. The first-order chi connectivity index (χ1) is 22.2. The van der Waals surface area contributed by atoms with E-state index in [0.29, 0.717) is 11.3 Å². The maximum absolute atomic E-state index is 15.0. The van der Waals surface area contributed by atoms with Gasteiger partial charge in [0.05, 0.1) is 18.1 Å². The van der Waals surface area contributed by atoms with Crippen molar-refractivity contribution < 1.29 is 40.7 Å². The van der Waals surface area contributed by atoms with Gasteiger partial charge in [-0.25, -0.2) is 9.07 Å². The van der Waals surface area contributed by atoms with Crippen LogP contribution in [0.1, 0.15) is 37.2 Å². The number of rotatable bonds is 6. The number of alkyl halides is 6. The fourth-order valence-electron chi connectivity index (χ4n) is 6.62. The highest BCUT2D eigenvalue weighted by Gasteiger charge is 2.56. The number of carbonyl (C=O) groups is 2. The molecular formula is C32H32F6N6O3. The molecule has 6 rings (SSSR count). The number of allylic oxidation sites excluding steroid dienone is 5. The largest absolute Gasteiger partial charge is 0.435 e. The molecule has 2 amide bonds. The first kappa shape index (κ1) is 32.5. The van der Waals surface area contributed by atoms with Crippen molar-refractivity contribution in [2.45, 2.75) is 57.2 Å². The van der Waals surface area contributed by atoms with Gasteiger partial charge in [-0.1, -0.05) is 19.1 Å². The summed E-state index contributed by atoms with van der Waals surface area (Å²) in [6, 6.07) is 4.53. The number of pyridine rings is 1. The van der Waals surface area contributed by atoms with E-state index >= 15 is 4.39 Å². The summed E-state index contributed by atoms with van der Waals surface area (Å²) in [5.41, 5.74) is -2.80. The highest BCUT2D eigenvalue weighted by Crippen LogP contribution is 2.47. The molecule has 0 bridgehead atoms. The van der Waals surface area contributed by atoms with Crippen LogP contribution < -0.4 is 5.32 Å². The monoisotopic (exact) mass is 662 g/mol. The molecule has 2 aliphatic heterocycles. The molecule has 1 N–H and O–H groups in total. The van der Waals surface area contributed by atoms with E-state index in [1.165, 1.54) is 29.2 Å². The number of piperidine rings is 1. The van der Waals surface area contributed by atoms with Crippen LogP contribution in [0.3, 0.4) is 0 Å². The fourth-order valence-corrected chi connectivity index (χ4v) is 6.62. The Bertz CT molecular complexity index is 1660. The van der Waals surface area contributed by atoms with Gasteiger partial charge in [0, 0.05) is 37.1 Å². The topological polar surface area (TPSA) is 92.6 Å². The summed E-state index contributed by atoms with van der Waals surface area (Å²) in [5.74, 6) is -0.838. The lowest BCUT2D eigenvalue weighted by Crippen LogP contribution is -2.60. The maximum Gasteiger partial charge on any atom is 0.400 e. The second kappa shape index (κ2) is 12.0. The van der Waals surface area contributed by atoms with Crippen LogP contribution in [0.4, 0.5) is 26.3 Å². The Morgan fingerprint density at radius 3 is 2.53 bits per heavy atom. The van der Waals surface area contributed by atoms with Crippen LogP contribution in [0.5, 0.6) is 0 Å². The first-order valence-electron chi connectivity index (χ1n) is 15.1. The number of nitrogens with zero attached hydrogens (tertiary/aromatic N) is 5. The van der Waals surface area contributed by atoms with Crippen molar-refractivity contribution in [3.05, 3.63) is 78.5 Å². The van der Waals surface area contributed by atoms with Gasteiger partial charge in [-0.15, -0.1) is 0 Å². The molecule has 0 radical (unpaired) electrons. The average Bonchev–Trinajstić information content (AvgIpc) is 3.60. The van der Waals surface area contributed by atoms with Crippen LogP contribution in [0, 0.1) is 11.3 Å². The Morgan fingerprint density at radius 2 is 1.91 bits per heavy atom. The fraction of sp³-hybridized carbons (Fsp3) is 0.438. The summed E-state index contributed by atoms with van der Waals surface area (Å²) in [5, 5.41) is 7.31. The minimum atomic E-state index is -4.83. The zero-order valence-electron chi connectivity index (χ0n) is 25.4. The first-order valence-corrected chi connectivity index (χ1v) is 15.1. The predicted molar refractivity (Wildman–Crippen MR) is 158 cm³/mol. The minimum Gasteiger partial charge on any atom is -0.435 e. The molecule has 2 aliphatic carbocycles. The van der Waals surface area contributed by atoms with Crippen LogP contribution in [-0.2, 0) is 9.53 Å². The Hall–Kier alpha value is -4.40. The van der Waals surface area contributed by atoms with Crippen molar-refractivity contribution in [2.75, 3.05) is 19.8 Å². The summed E-state index contributed by atoms with van der Waals surface area (Å²) in [6.45, 7) is 0.299. The molecule has 15 heteroatoms. The van der Waals surface area contributed by atoms with Crippen molar-refractivity contribution in [3.63, 3.8) is 0 Å². The smallest absolute Gasteiger partial charge is 0.400 e. The molecule has 1 spiro atoms. The van der Waals surface area contributed by atoms with Crippen LogP contribution in [0.15, 0.2) is 72.8 Å². The molecule has 2 aromatic rings. The Labute approximate surface area is 266 Å². The number of hydrogen-bond donors (Lipinski definition) is 1. The number of halogens is 6. The van der Waals surface area contributed by atoms with Crippen LogP contribution in [0.25, 0.3) is 17.0 Å². The van der Waals surface area contributed by atoms with Crippen molar-refractivity contribution in [1.82, 2.24) is 29.9 Å². The molecule has 4 aliphatic rings. The molecule has 47 heavy (non-hydrogen) atoms. The van der Waals surface area contributed by atoms with Gasteiger partial charge in [-0.05, 0) is 68.2 Å². The normalized spacial score (nSPS) is 27.6. The van der Waals surface area contributed by atoms with Crippen LogP contribution in [-0.4, -0.2) is 86.7 Å². The Balaban J connectivity index is 1.23. The third kappa shape index (κ3) is 5.74. The standard InChI is InChI=1S/C32H32F6N6O3/c1-19-14-22(47-29(34)35)5-6-24(19)43-18-40-28(46)31(43)9-12-42(13-10-31)27(45)23-16-25(20-4-3-11-39-17-20)44(41-23)21-7-8-30(2,26(33)15-21)32(36,37)38/h3-8,11,14-17,19,24,26,29H,9-10,12-13,18H2,1-2H3,(H,40,46). The minimum absolute atomic E-state index is 0.0121. The van der Waals surface area contributed by atoms with Crippen molar-refractivity contribution in [3.8, 4) is 11.3 Å². The molecule has 2 saturated heterocycles. The van der Waals surface area contributed by atoms with E-state index in [2.05, 4.69) is 20.1 Å². The lowest BCUT2D eigenvalue weighted by molar-refractivity contribution is -0.213. The number of ether oxygens (including phenoxy) is 1. The summed E-state index contributed by atoms with van der Waals surface area (Å²) < 4.78 is 87.2. The van der Waals surface area contributed by atoms with E-state index in [-0.39, 0.29) is 67.6 Å². The van der Waals surface area contributed by atoms with Gasteiger partial charge in [0.1, 0.15) is 22.9 Å². The van der Waals surface area contributed by atoms with E-state index in [1.807, 2.05) is 11.8 Å². The molecule has 0 aromatic carbocycles. The van der Waals surface area contributed by atoms with E-state index in [0.717, 1.165) is 25.2 Å². The zero-order valence-corrected chi connectivity index (χ0v) is 25.4. The van der Waals surface area contributed by atoms with E-state index in [4.69, 9.17) is 0 Å². The highest BCUT2D eigenvalue weighted by molar-refractivity contribution is 5.95. The van der Waals surface area contributed by atoms with Crippen LogP contribution >= 0.6 is 0 Å². The van der Waals surface area contributed by atoms with Crippen molar-refractivity contribution in [1.29, 1.82) is 0 Å². The number of carbonyl (C=O) groups excluding carboxylic acids is 2. The number of aromatic nitrogens is 3. The Morgan fingerprint density at radius 1 is 1.17 bits per heavy atom. The van der Waals surface area contributed by atoms with Gasteiger partial charge in [0.15, 0.2) is 5.69 Å². The number of hydrogen-bond acceptors (Lipinski definition) is 6. The summed E-state index contributed by atoms with van der Waals surface area (Å²) in [7, 11) is 0. The SMILES string of the molecule is CC1C=C(OC(F)F)C=CC1N1CNC(=O)C12CCN(C(=O)c1cc(-c3cccnc3)n(C3=CC(F)C(C)(C(F)(F)F)C=C3)n1)CC2.